The molecule has 0 aliphatic carbocycles. The van der Waals surface area contributed by atoms with Crippen molar-refractivity contribution in [3.05, 3.63) is 89.0 Å². The van der Waals surface area contributed by atoms with E-state index in [9.17, 15) is 18.0 Å². The number of nitrogens with one attached hydrogen (secondary N) is 1. The topological polar surface area (TPSA) is 96.0 Å². The fraction of sp³-hybridized carbons (Fsp3) is 0.375. The molecular weight excluding hydrogens is 538 g/mol. The first-order valence-electron chi connectivity index (χ1n) is 13.7. The van der Waals surface area contributed by atoms with Gasteiger partial charge in [-0.2, -0.15) is 0 Å². The summed E-state index contributed by atoms with van der Waals surface area (Å²) in [5, 5.41) is 2.90. The Bertz CT molecular complexity index is 1470. The van der Waals surface area contributed by atoms with Gasteiger partial charge in [0.2, 0.25) is 11.8 Å². The molecule has 0 aliphatic heterocycles. The predicted octanol–water partition coefficient (Wildman–Crippen LogP) is 5.01. The number of carbonyl (C=O) groups is 2. The lowest BCUT2D eigenvalue weighted by atomic mass is 10.1. The van der Waals surface area contributed by atoms with Gasteiger partial charge in [0.1, 0.15) is 18.3 Å². The second-order valence-electron chi connectivity index (χ2n) is 10.8. The molecule has 8 nitrogen and oxygen atoms in total. The third kappa shape index (κ3) is 8.10. The summed E-state index contributed by atoms with van der Waals surface area (Å²) in [6.45, 7) is 11.4. The van der Waals surface area contributed by atoms with E-state index in [0.29, 0.717) is 18.0 Å². The van der Waals surface area contributed by atoms with E-state index in [1.807, 2.05) is 52.8 Å². The van der Waals surface area contributed by atoms with Crippen molar-refractivity contribution in [1.82, 2.24) is 10.2 Å². The van der Waals surface area contributed by atoms with E-state index < -0.39 is 28.5 Å². The van der Waals surface area contributed by atoms with Gasteiger partial charge in [-0.15, -0.1) is 0 Å². The minimum atomic E-state index is -4.11. The molecule has 1 N–H and O–H groups in total. The van der Waals surface area contributed by atoms with Gasteiger partial charge in [0.15, 0.2) is 0 Å². The zero-order valence-electron chi connectivity index (χ0n) is 25.0. The molecule has 9 heteroatoms. The molecule has 3 aromatic rings. The molecular formula is C32H41N3O5S. The number of amides is 2. The number of anilines is 1. The van der Waals surface area contributed by atoms with Crippen LogP contribution in [-0.4, -0.2) is 51.4 Å². The largest absolute Gasteiger partial charge is 0.497 e. The highest BCUT2D eigenvalue weighted by atomic mass is 32.2. The average Bonchev–Trinajstić information content (AvgIpc) is 2.94. The first-order chi connectivity index (χ1) is 19.3. The number of hydrogen-bond donors (Lipinski definition) is 1. The van der Waals surface area contributed by atoms with E-state index in [-0.39, 0.29) is 23.3 Å². The summed E-state index contributed by atoms with van der Waals surface area (Å²) in [5.74, 6) is 0.0297. The average molecular weight is 580 g/mol. The summed E-state index contributed by atoms with van der Waals surface area (Å²) in [6, 6.07) is 18.2. The summed E-state index contributed by atoms with van der Waals surface area (Å²) in [7, 11) is -2.56. The number of rotatable bonds is 12. The summed E-state index contributed by atoms with van der Waals surface area (Å²) < 4.78 is 34.4. The second-order valence-corrected chi connectivity index (χ2v) is 12.6. The molecule has 0 spiro atoms. The molecule has 0 heterocycles. The smallest absolute Gasteiger partial charge is 0.264 e. The van der Waals surface area contributed by atoms with Gasteiger partial charge in [0.25, 0.3) is 10.0 Å². The Morgan fingerprint density at radius 1 is 0.902 bits per heavy atom. The normalized spacial score (nSPS) is 12.1. The maximum Gasteiger partial charge on any atom is 0.264 e. The van der Waals surface area contributed by atoms with Crippen molar-refractivity contribution in [2.24, 2.45) is 5.92 Å². The van der Waals surface area contributed by atoms with Crippen molar-refractivity contribution in [2.45, 2.75) is 59.0 Å². The standard InChI is InChI=1S/C32H41N3O5S/c1-22(2)19-33-32(37)26(6)34(20-27-9-8-10-29(18-27)40-7)31(36)21-35(28-14-13-24(4)25(5)17-28)41(38,39)30-15-11-23(3)12-16-30/h8-18,22,26H,19-21H2,1-7H3,(H,33,37)/t26-/m1/s1. The Labute approximate surface area is 244 Å². The molecule has 0 radical (unpaired) electrons. The minimum Gasteiger partial charge on any atom is -0.497 e. The van der Waals surface area contributed by atoms with Crippen LogP contribution < -0.4 is 14.4 Å². The predicted molar refractivity (Wildman–Crippen MR) is 162 cm³/mol. The fourth-order valence-electron chi connectivity index (χ4n) is 4.25. The Hall–Kier alpha value is -3.85. The highest BCUT2D eigenvalue weighted by Gasteiger charge is 2.32. The number of hydrogen-bond acceptors (Lipinski definition) is 5. The van der Waals surface area contributed by atoms with Gasteiger partial charge >= 0.3 is 0 Å². The number of methoxy groups -OCH3 is 1. The second kappa shape index (κ2) is 13.7. The van der Waals surface area contributed by atoms with Gasteiger partial charge in [-0.05, 0) is 86.7 Å². The third-order valence-corrected chi connectivity index (χ3v) is 8.79. The van der Waals surface area contributed by atoms with E-state index in [1.54, 1.807) is 62.6 Å². The van der Waals surface area contributed by atoms with Crippen LogP contribution in [0.2, 0.25) is 0 Å². The first-order valence-corrected chi connectivity index (χ1v) is 15.1. The Morgan fingerprint density at radius 2 is 1.59 bits per heavy atom. The molecule has 3 aromatic carbocycles. The van der Waals surface area contributed by atoms with Gasteiger partial charge < -0.3 is 15.0 Å². The van der Waals surface area contributed by atoms with Gasteiger partial charge in [-0.25, -0.2) is 8.42 Å². The van der Waals surface area contributed by atoms with Crippen molar-refractivity contribution < 1.29 is 22.7 Å². The molecule has 0 unspecified atom stereocenters. The van der Waals surface area contributed by atoms with Crippen molar-refractivity contribution in [2.75, 3.05) is 24.5 Å². The van der Waals surface area contributed by atoms with Crippen LogP contribution in [0.3, 0.4) is 0 Å². The monoisotopic (exact) mass is 579 g/mol. The molecule has 0 fully saturated rings. The quantitative estimate of drug-likeness (QED) is 0.326. The molecule has 0 aliphatic rings. The number of aryl methyl sites for hydroxylation is 3. The van der Waals surface area contributed by atoms with Gasteiger partial charge in [0.05, 0.1) is 17.7 Å². The van der Waals surface area contributed by atoms with Gasteiger partial charge in [-0.1, -0.05) is 49.7 Å². The summed E-state index contributed by atoms with van der Waals surface area (Å²) in [6.07, 6.45) is 0. The lowest BCUT2D eigenvalue weighted by molar-refractivity contribution is -0.139. The molecule has 41 heavy (non-hydrogen) atoms. The summed E-state index contributed by atoms with van der Waals surface area (Å²) in [4.78, 5) is 28.7. The fourth-order valence-corrected chi connectivity index (χ4v) is 5.66. The maximum absolute atomic E-state index is 14.1. The zero-order chi connectivity index (χ0) is 30.3. The van der Waals surface area contributed by atoms with E-state index in [0.717, 1.165) is 26.6 Å². The lowest BCUT2D eigenvalue weighted by Crippen LogP contribution is -2.51. The number of ether oxygens (including phenoxy) is 1. The molecule has 0 saturated heterocycles. The van der Waals surface area contributed by atoms with Crippen molar-refractivity contribution in [1.29, 1.82) is 0 Å². The highest BCUT2D eigenvalue weighted by molar-refractivity contribution is 7.92. The first kappa shape index (κ1) is 31.7. The number of benzene rings is 3. The van der Waals surface area contributed by atoms with E-state index in [2.05, 4.69) is 5.32 Å². The zero-order valence-corrected chi connectivity index (χ0v) is 25.8. The van der Waals surface area contributed by atoms with Crippen molar-refractivity contribution in [3.8, 4) is 5.75 Å². The van der Waals surface area contributed by atoms with Crippen LogP contribution in [0.5, 0.6) is 5.75 Å². The van der Waals surface area contributed by atoms with Gasteiger partial charge in [0, 0.05) is 13.1 Å². The van der Waals surface area contributed by atoms with E-state index in [1.165, 1.54) is 4.90 Å². The number of nitrogens with zero attached hydrogens (tertiary/aromatic N) is 2. The molecule has 3 rings (SSSR count). The Balaban J connectivity index is 2.05. The molecule has 0 saturated carbocycles. The molecule has 0 bridgehead atoms. The highest BCUT2D eigenvalue weighted by Crippen LogP contribution is 2.27. The molecule has 1 atom stereocenters. The van der Waals surface area contributed by atoms with Crippen molar-refractivity contribution >= 4 is 27.5 Å². The van der Waals surface area contributed by atoms with Crippen LogP contribution in [0.1, 0.15) is 43.0 Å². The molecule has 220 valence electrons. The Morgan fingerprint density at radius 3 is 2.20 bits per heavy atom. The summed E-state index contributed by atoms with van der Waals surface area (Å²) >= 11 is 0. The Kier molecular flexibility index (Phi) is 10.6. The van der Waals surface area contributed by atoms with Crippen LogP contribution in [0, 0.1) is 26.7 Å². The van der Waals surface area contributed by atoms with E-state index in [4.69, 9.17) is 4.74 Å². The maximum atomic E-state index is 14.1. The van der Waals surface area contributed by atoms with Crippen LogP contribution in [0.25, 0.3) is 0 Å². The number of sulfonamides is 1. The molecule has 2 amide bonds. The summed E-state index contributed by atoms with van der Waals surface area (Å²) in [5.41, 5.74) is 3.95. The number of carbonyl (C=O) groups excluding carboxylic acids is 2. The van der Waals surface area contributed by atoms with Crippen molar-refractivity contribution in [3.63, 3.8) is 0 Å². The third-order valence-electron chi connectivity index (χ3n) is 7.01. The minimum absolute atomic E-state index is 0.0798. The van der Waals surface area contributed by atoms with Crippen LogP contribution in [0.15, 0.2) is 71.6 Å². The SMILES string of the molecule is COc1cccc(CN(C(=O)CN(c2ccc(C)c(C)c2)S(=O)(=O)c2ccc(C)cc2)[C@H](C)C(=O)NCC(C)C)c1. The lowest BCUT2D eigenvalue weighted by Gasteiger charge is -2.32. The van der Waals surface area contributed by atoms with Crippen LogP contribution in [0.4, 0.5) is 5.69 Å². The molecule has 0 aromatic heterocycles. The van der Waals surface area contributed by atoms with Gasteiger partial charge in [-0.3, -0.25) is 13.9 Å². The van der Waals surface area contributed by atoms with Crippen LogP contribution >= 0.6 is 0 Å². The van der Waals surface area contributed by atoms with Crippen LogP contribution in [-0.2, 0) is 26.2 Å². The van der Waals surface area contributed by atoms with E-state index >= 15 is 0 Å².